The van der Waals surface area contributed by atoms with Crippen LogP contribution in [0.3, 0.4) is 0 Å². The van der Waals surface area contributed by atoms with E-state index in [1.54, 1.807) is 36.4 Å². The maximum atomic E-state index is 12.5. The summed E-state index contributed by atoms with van der Waals surface area (Å²) in [6.45, 7) is 12.6. The van der Waals surface area contributed by atoms with E-state index in [0.717, 1.165) is 48.0 Å². The van der Waals surface area contributed by atoms with Gasteiger partial charge in [0.15, 0.2) is 5.75 Å². The number of hydrogen-bond donors (Lipinski definition) is 1. The Hall–Kier alpha value is -5.16. The molecule has 2 heterocycles. The fraction of sp³-hybridized carbons (Fsp3) is 0.509. The minimum atomic E-state index is -0.884. The lowest BCUT2D eigenvalue weighted by Gasteiger charge is -2.63. The van der Waals surface area contributed by atoms with Crippen LogP contribution in [0.15, 0.2) is 84.9 Å². The summed E-state index contributed by atoms with van der Waals surface area (Å²) in [5, 5.41) is 10.4. The Bertz CT molecular complexity index is 2560. The van der Waals surface area contributed by atoms with Crippen molar-refractivity contribution in [2.75, 3.05) is 0 Å². The number of carbonyl (C=O) groups is 4. The third kappa shape index (κ3) is 8.14. The van der Waals surface area contributed by atoms with Gasteiger partial charge in [0.2, 0.25) is 0 Å². The number of ether oxygens (including phenoxy) is 2. The van der Waals surface area contributed by atoms with E-state index in [0.29, 0.717) is 34.1 Å². The van der Waals surface area contributed by atoms with Crippen molar-refractivity contribution < 1.29 is 48.6 Å². The normalized spacial score (nSPS) is 30.5. The zero-order valence-corrected chi connectivity index (χ0v) is 39.5. The van der Waals surface area contributed by atoms with Gasteiger partial charge in [0, 0.05) is 0 Å². The molecular weight excluding hydrogens is 845 g/mol. The molecule has 6 aliphatic rings. The fourth-order valence-electron chi connectivity index (χ4n) is 14.9. The summed E-state index contributed by atoms with van der Waals surface area (Å²) >= 11 is 0. The van der Waals surface area contributed by atoms with Gasteiger partial charge in [-0.05, 0) is 180 Å². The molecule has 10 heteroatoms. The number of benzene rings is 4. The molecule has 67 heavy (non-hydrogen) atoms. The Morgan fingerprint density at radius 2 is 1.30 bits per heavy atom. The van der Waals surface area contributed by atoms with E-state index in [1.807, 2.05) is 24.3 Å². The van der Waals surface area contributed by atoms with Crippen LogP contribution in [0, 0.1) is 52.3 Å². The lowest BCUT2D eigenvalue weighted by molar-refractivity contribution is -0.270. The summed E-state index contributed by atoms with van der Waals surface area (Å²) in [5.41, 5.74) is 5.85. The average molecular weight is 909 g/mol. The Morgan fingerprint density at radius 1 is 0.642 bits per heavy atom. The van der Waals surface area contributed by atoms with E-state index < -0.39 is 30.0 Å². The van der Waals surface area contributed by atoms with E-state index in [-0.39, 0.29) is 46.1 Å². The van der Waals surface area contributed by atoms with E-state index in [9.17, 15) is 24.4 Å². The van der Waals surface area contributed by atoms with Crippen LogP contribution >= 0.6 is 0 Å². The second kappa shape index (κ2) is 18.1. The lowest BCUT2D eigenvalue weighted by Crippen LogP contribution is -2.55. The van der Waals surface area contributed by atoms with Crippen molar-refractivity contribution in [3.63, 3.8) is 0 Å². The molecular formula is C57H64O10. The predicted octanol–water partition coefficient (Wildman–Crippen LogP) is 13.0. The average Bonchev–Trinajstić information content (AvgIpc) is 3.93. The standard InChI is InChI=1S/C57H64O10/c1-32(2)8-6-9-33(3)46-22-23-47-43-20-21-49-50(35-13-16-39(17-14-35)67-63-31-34-12-18-41-44(28-34)54(60)64-52(41)58)40(24-26-57(49,5)48(43)25-27-56(46,47)4)36-10-7-11-37(29-36)51(66-62)38-15-19-42-45(30-38)55(61)65-53(42)59/h7,10-19,28-30,32-33,40,43,46-51,62H,6,8-9,20-27,31H2,1-5H3. The van der Waals surface area contributed by atoms with Crippen molar-refractivity contribution in [3.05, 3.63) is 135 Å². The van der Waals surface area contributed by atoms with Gasteiger partial charge in [-0.25, -0.2) is 24.1 Å². The molecule has 0 spiro atoms. The quantitative estimate of drug-likeness (QED) is 0.0564. The van der Waals surface area contributed by atoms with Gasteiger partial charge in [-0.15, -0.1) is 0 Å². The molecule has 10 nitrogen and oxygen atoms in total. The first-order valence-electron chi connectivity index (χ1n) is 24.9. The Balaban J connectivity index is 0.924. The predicted molar refractivity (Wildman–Crippen MR) is 250 cm³/mol. The third-order valence-corrected chi connectivity index (χ3v) is 18.1. The van der Waals surface area contributed by atoms with Crippen LogP contribution in [-0.4, -0.2) is 29.1 Å². The molecule has 4 saturated carbocycles. The van der Waals surface area contributed by atoms with Crippen molar-refractivity contribution in [1.82, 2.24) is 0 Å². The highest BCUT2D eigenvalue weighted by Gasteiger charge is 2.62. The van der Waals surface area contributed by atoms with E-state index >= 15 is 0 Å². The summed E-state index contributed by atoms with van der Waals surface area (Å²) in [5.74, 6) is 3.28. The first-order valence-corrected chi connectivity index (χ1v) is 24.9. The summed E-state index contributed by atoms with van der Waals surface area (Å²) in [6.07, 6.45) is 13.1. The second-order valence-corrected chi connectivity index (χ2v) is 21.9. The van der Waals surface area contributed by atoms with Gasteiger partial charge >= 0.3 is 23.9 Å². The highest BCUT2D eigenvalue weighted by Crippen LogP contribution is 2.71. The second-order valence-electron chi connectivity index (χ2n) is 21.9. The molecule has 4 aromatic carbocycles. The largest absolute Gasteiger partial charge is 0.386 e. The minimum absolute atomic E-state index is 0.0740. The van der Waals surface area contributed by atoms with E-state index in [4.69, 9.17) is 24.1 Å². The lowest BCUT2D eigenvalue weighted by atomic mass is 9.41. The first-order chi connectivity index (χ1) is 32.3. The molecule has 11 unspecified atom stereocenters. The molecule has 0 saturated heterocycles. The van der Waals surface area contributed by atoms with Gasteiger partial charge in [0.1, 0.15) is 12.7 Å². The van der Waals surface area contributed by atoms with Gasteiger partial charge in [0.25, 0.3) is 0 Å². The number of carbonyl (C=O) groups excluding carboxylic acids is 4. The molecule has 0 amide bonds. The molecule has 11 atom stereocenters. The SMILES string of the molecule is CC(C)CCCC(C)C1CCC2C3CCC4C(c5ccc(OOCc6ccc7c(c6)C(=O)OC7=O)cc5)C(c5cccc(C(OO)c6ccc7c(c6)C(=O)OC7=O)c5)CCC4(C)C3CCC12C. The molecule has 0 aromatic heterocycles. The van der Waals surface area contributed by atoms with Crippen molar-refractivity contribution in [2.45, 2.75) is 130 Å². The Kier molecular flexibility index (Phi) is 12.3. The summed E-state index contributed by atoms with van der Waals surface area (Å²) in [4.78, 5) is 65.4. The van der Waals surface area contributed by atoms with Crippen molar-refractivity contribution in [2.24, 2.45) is 52.3 Å². The topological polar surface area (TPSA) is 135 Å². The molecule has 10 rings (SSSR count). The van der Waals surface area contributed by atoms with E-state index in [1.165, 1.54) is 68.9 Å². The van der Waals surface area contributed by atoms with Crippen LogP contribution in [-0.2, 0) is 25.9 Å². The van der Waals surface area contributed by atoms with Crippen molar-refractivity contribution >= 4 is 23.9 Å². The summed E-state index contributed by atoms with van der Waals surface area (Å²) < 4.78 is 9.59. The number of fused-ring (bicyclic) bond motifs is 7. The van der Waals surface area contributed by atoms with Crippen molar-refractivity contribution in [3.8, 4) is 5.75 Å². The monoisotopic (exact) mass is 908 g/mol. The Labute approximate surface area is 393 Å². The van der Waals surface area contributed by atoms with Gasteiger partial charge in [0.05, 0.1) is 22.3 Å². The fourth-order valence-corrected chi connectivity index (χ4v) is 14.9. The molecule has 4 aliphatic carbocycles. The number of hydrogen-bond acceptors (Lipinski definition) is 10. The zero-order valence-electron chi connectivity index (χ0n) is 39.5. The van der Waals surface area contributed by atoms with Crippen LogP contribution in [0.25, 0.3) is 0 Å². The zero-order chi connectivity index (χ0) is 46.8. The smallest absolute Gasteiger partial charge is 0.346 e. The third-order valence-electron chi connectivity index (χ3n) is 18.1. The first kappa shape index (κ1) is 45.6. The molecule has 0 radical (unpaired) electrons. The molecule has 0 bridgehead atoms. The summed E-state index contributed by atoms with van der Waals surface area (Å²) in [7, 11) is 0. The van der Waals surface area contributed by atoms with Crippen LogP contribution in [0.1, 0.15) is 192 Å². The number of esters is 4. The Morgan fingerprint density at radius 3 is 2.03 bits per heavy atom. The maximum absolute atomic E-state index is 12.5. The highest BCUT2D eigenvalue weighted by atomic mass is 17.2. The van der Waals surface area contributed by atoms with Gasteiger partial charge < -0.3 is 14.4 Å². The van der Waals surface area contributed by atoms with Crippen LogP contribution < -0.4 is 4.89 Å². The molecule has 1 N–H and O–H groups in total. The summed E-state index contributed by atoms with van der Waals surface area (Å²) in [6, 6.07) is 26.4. The van der Waals surface area contributed by atoms with Crippen LogP contribution in [0.4, 0.5) is 0 Å². The van der Waals surface area contributed by atoms with Crippen LogP contribution in [0.2, 0.25) is 0 Å². The highest BCUT2D eigenvalue weighted by molar-refractivity contribution is 6.15. The maximum Gasteiger partial charge on any atom is 0.346 e. The molecule has 4 fully saturated rings. The molecule has 2 aliphatic heterocycles. The molecule has 352 valence electrons. The van der Waals surface area contributed by atoms with Crippen LogP contribution in [0.5, 0.6) is 5.75 Å². The van der Waals surface area contributed by atoms with Gasteiger partial charge in [-0.1, -0.05) is 102 Å². The minimum Gasteiger partial charge on any atom is -0.386 e. The number of rotatable bonds is 14. The number of cyclic esters (lactones) is 4. The van der Waals surface area contributed by atoms with Gasteiger partial charge in [-0.3, -0.25) is 5.26 Å². The van der Waals surface area contributed by atoms with E-state index in [2.05, 4.69) is 58.9 Å². The van der Waals surface area contributed by atoms with Gasteiger partial charge in [-0.2, -0.15) is 4.89 Å². The molecule has 4 aromatic rings. The van der Waals surface area contributed by atoms with Crippen molar-refractivity contribution in [1.29, 1.82) is 0 Å².